The van der Waals surface area contributed by atoms with Crippen molar-refractivity contribution >= 4 is 17.8 Å². The molecule has 2 aliphatic rings. The minimum absolute atomic E-state index is 0.0767. The summed E-state index contributed by atoms with van der Waals surface area (Å²) >= 11 is 0. The molecule has 0 saturated carbocycles. The molecule has 0 aliphatic carbocycles. The molecule has 0 aromatic heterocycles. The molecule has 1 N–H and O–H groups in total. The SMILES string of the molecule is CN1CC(=O)N2[C@@H](c3ccccc3)C(=O)N(CCc3ccc(F)cc3)C[C@@H]2N1C(=O)NCc1ccc(F)cc1. The Morgan fingerprint density at radius 1 is 0.897 bits per heavy atom. The number of urea groups is 1. The smallest absolute Gasteiger partial charge is 0.334 e. The topological polar surface area (TPSA) is 76.2 Å². The van der Waals surface area contributed by atoms with E-state index >= 15 is 0 Å². The number of benzene rings is 3. The molecule has 0 unspecified atom stereocenters. The number of rotatable bonds is 6. The van der Waals surface area contributed by atoms with Crippen molar-refractivity contribution in [2.75, 3.05) is 26.7 Å². The lowest BCUT2D eigenvalue weighted by molar-refractivity contribution is -0.187. The van der Waals surface area contributed by atoms with Gasteiger partial charge in [-0.05, 0) is 47.4 Å². The van der Waals surface area contributed by atoms with Gasteiger partial charge in [0.05, 0.1) is 13.1 Å². The maximum atomic E-state index is 13.8. The molecular formula is C29H29F2N5O3. The summed E-state index contributed by atoms with van der Waals surface area (Å²) in [7, 11) is 1.66. The molecule has 2 saturated heterocycles. The van der Waals surface area contributed by atoms with E-state index in [9.17, 15) is 23.2 Å². The van der Waals surface area contributed by atoms with Crippen molar-refractivity contribution in [1.82, 2.24) is 25.1 Å². The van der Waals surface area contributed by atoms with Crippen molar-refractivity contribution in [3.63, 3.8) is 0 Å². The van der Waals surface area contributed by atoms with E-state index in [1.165, 1.54) is 34.2 Å². The summed E-state index contributed by atoms with van der Waals surface area (Å²) in [5.74, 6) is -1.19. The number of nitrogens with zero attached hydrogens (tertiary/aromatic N) is 4. The Morgan fingerprint density at radius 3 is 2.15 bits per heavy atom. The number of likely N-dealkylation sites (N-methyl/N-ethyl adjacent to an activating group) is 1. The van der Waals surface area contributed by atoms with Crippen LogP contribution in [-0.4, -0.2) is 70.5 Å². The average molecular weight is 534 g/mol. The first-order chi connectivity index (χ1) is 18.8. The van der Waals surface area contributed by atoms with Crippen molar-refractivity contribution in [2.45, 2.75) is 25.2 Å². The van der Waals surface area contributed by atoms with Gasteiger partial charge in [-0.3, -0.25) is 9.59 Å². The summed E-state index contributed by atoms with van der Waals surface area (Å²) in [6.07, 6.45) is -0.263. The minimum atomic E-state index is -0.897. The Hall–Kier alpha value is -4.31. The number of carbonyl (C=O) groups excluding carboxylic acids is 3. The van der Waals surface area contributed by atoms with Gasteiger partial charge in [0.1, 0.15) is 23.8 Å². The summed E-state index contributed by atoms with van der Waals surface area (Å²) in [6, 6.07) is 19.7. The molecule has 3 aromatic rings. The Kier molecular flexibility index (Phi) is 7.56. The molecule has 3 aromatic carbocycles. The van der Waals surface area contributed by atoms with Gasteiger partial charge in [-0.25, -0.2) is 23.6 Å². The molecule has 5 rings (SSSR count). The molecular weight excluding hydrogens is 504 g/mol. The summed E-state index contributed by atoms with van der Waals surface area (Å²) in [6.45, 7) is 0.538. The van der Waals surface area contributed by atoms with E-state index in [4.69, 9.17) is 0 Å². The molecule has 8 nitrogen and oxygen atoms in total. The molecule has 2 atom stereocenters. The zero-order chi connectivity index (χ0) is 27.5. The normalized spacial score (nSPS) is 19.7. The number of hydrogen-bond acceptors (Lipinski definition) is 4. The van der Waals surface area contributed by atoms with Gasteiger partial charge in [0.25, 0.3) is 0 Å². The molecule has 0 bridgehead atoms. The van der Waals surface area contributed by atoms with Crippen molar-refractivity contribution in [2.24, 2.45) is 0 Å². The van der Waals surface area contributed by atoms with Gasteiger partial charge >= 0.3 is 6.03 Å². The van der Waals surface area contributed by atoms with Gasteiger partial charge in [-0.1, -0.05) is 54.6 Å². The largest absolute Gasteiger partial charge is 0.336 e. The fourth-order valence-corrected chi connectivity index (χ4v) is 5.13. The van der Waals surface area contributed by atoms with Crippen molar-refractivity contribution in [1.29, 1.82) is 0 Å². The van der Waals surface area contributed by atoms with Crippen LogP contribution in [0.4, 0.5) is 13.6 Å². The Balaban J connectivity index is 1.42. The first kappa shape index (κ1) is 26.3. The van der Waals surface area contributed by atoms with Crippen LogP contribution >= 0.6 is 0 Å². The summed E-state index contributed by atoms with van der Waals surface area (Å²) < 4.78 is 26.7. The molecule has 0 spiro atoms. The molecule has 0 radical (unpaired) electrons. The quantitative estimate of drug-likeness (QED) is 0.528. The van der Waals surface area contributed by atoms with Crippen LogP contribution in [0, 0.1) is 11.6 Å². The standard InChI is InChI=1S/C29H29F2N5O3/c1-33-19-26(37)35-25(36(33)29(39)32-17-21-9-13-24(31)14-10-21)18-34(16-15-20-7-11-23(30)12-8-20)28(38)27(35)22-5-3-2-4-6-22/h2-14,25,27H,15-19H2,1H3,(H,32,39)/t25-,27-/m0/s1. The van der Waals surface area contributed by atoms with E-state index in [1.807, 2.05) is 18.2 Å². The summed E-state index contributed by atoms with van der Waals surface area (Å²) in [5.41, 5.74) is 2.25. The lowest BCUT2D eigenvalue weighted by atomic mass is 9.98. The summed E-state index contributed by atoms with van der Waals surface area (Å²) in [5, 5.41) is 5.88. The highest BCUT2D eigenvalue weighted by Gasteiger charge is 2.51. The zero-order valence-corrected chi connectivity index (χ0v) is 21.5. The number of hydrogen-bond donors (Lipinski definition) is 1. The maximum Gasteiger partial charge on any atom is 0.334 e. The second-order valence-electron chi connectivity index (χ2n) is 9.70. The molecule has 4 amide bonds. The Labute approximate surface area is 225 Å². The number of nitrogens with one attached hydrogen (secondary N) is 1. The third kappa shape index (κ3) is 5.61. The number of fused-ring (bicyclic) bond motifs is 1. The highest BCUT2D eigenvalue weighted by atomic mass is 19.1. The number of amides is 4. The van der Waals surface area contributed by atoms with E-state index in [0.717, 1.165) is 11.1 Å². The van der Waals surface area contributed by atoms with Crippen LogP contribution in [0.15, 0.2) is 78.9 Å². The number of piperazine rings is 1. The second-order valence-corrected chi connectivity index (χ2v) is 9.70. The van der Waals surface area contributed by atoms with E-state index < -0.39 is 18.2 Å². The van der Waals surface area contributed by atoms with Gasteiger partial charge in [-0.15, -0.1) is 0 Å². The fraction of sp³-hybridized carbons (Fsp3) is 0.276. The van der Waals surface area contributed by atoms with Crippen molar-refractivity contribution < 1.29 is 23.2 Å². The van der Waals surface area contributed by atoms with Gasteiger partial charge in [-0.2, -0.15) is 0 Å². The van der Waals surface area contributed by atoms with E-state index in [1.54, 1.807) is 53.4 Å². The molecule has 2 aliphatic heterocycles. The van der Waals surface area contributed by atoms with Crippen molar-refractivity contribution in [3.05, 3.63) is 107 Å². The maximum absolute atomic E-state index is 13.8. The van der Waals surface area contributed by atoms with Crippen LogP contribution in [0.5, 0.6) is 0 Å². The van der Waals surface area contributed by atoms with Crippen LogP contribution in [-0.2, 0) is 22.6 Å². The van der Waals surface area contributed by atoms with E-state index in [0.29, 0.717) is 18.5 Å². The van der Waals surface area contributed by atoms with Gasteiger partial charge in [0.15, 0.2) is 0 Å². The third-order valence-electron chi connectivity index (χ3n) is 7.09. The monoisotopic (exact) mass is 533 g/mol. The van der Waals surface area contributed by atoms with Gasteiger partial charge in [0, 0.05) is 20.1 Å². The van der Waals surface area contributed by atoms with Crippen LogP contribution in [0.3, 0.4) is 0 Å². The minimum Gasteiger partial charge on any atom is -0.336 e. The van der Waals surface area contributed by atoms with E-state index in [-0.39, 0.29) is 43.1 Å². The van der Waals surface area contributed by atoms with Gasteiger partial charge in [0.2, 0.25) is 11.8 Å². The van der Waals surface area contributed by atoms with Crippen LogP contribution in [0.2, 0.25) is 0 Å². The molecule has 202 valence electrons. The molecule has 2 heterocycles. The van der Waals surface area contributed by atoms with Crippen LogP contribution in [0.25, 0.3) is 0 Å². The lowest BCUT2D eigenvalue weighted by Crippen LogP contribution is -2.73. The van der Waals surface area contributed by atoms with E-state index in [2.05, 4.69) is 5.32 Å². The predicted molar refractivity (Wildman–Crippen MR) is 140 cm³/mol. The fourth-order valence-electron chi connectivity index (χ4n) is 5.13. The molecule has 39 heavy (non-hydrogen) atoms. The average Bonchev–Trinajstić information content (AvgIpc) is 2.93. The molecule has 10 heteroatoms. The Morgan fingerprint density at radius 2 is 1.51 bits per heavy atom. The number of halogens is 2. The molecule has 2 fully saturated rings. The highest BCUT2D eigenvalue weighted by molar-refractivity contribution is 5.92. The Bertz CT molecular complexity index is 1340. The van der Waals surface area contributed by atoms with Crippen LogP contribution in [0.1, 0.15) is 22.7 Å². The van der Waals surface area contributed by atoms with Gasteiger partial charge < -0.3 is 15.1 Å². The number of hydrazine groups is 1. The summed E-state index contributed by atoms with van der Waals surface area (Å²) in [4.78, 5) is 43.8. The van der Waals surface area contributed by atoms with Crippen LogP contribution < -0.4 is 5.32 Å². The lowest BCUT2D eigenvalue weighted by Gasteiger charge is -2.54. The zero-order valence-electron chi connectivity index (χ0n) is 21.5. The number of carbonyl (C=O) groups is 3. The predicted octanol–water partition coefficient (Wildman–Crippen LogP) is 3.32. The second kappa shape index (κ2) is 11.2. The van der Waals surface area contributed by atoms with Crippen molar-refractivity contribution in [3.8, 4) is 0 Å². The third-order valence-corrected chi connectivity index (χ3v) is 7.09. The highest BCUT2D eigenvalue weighted by Crippen LogP contribution is 2.34. The first-order valence-electron chi connectivity index (χ1n) is 12.7. The first-order valence-corrected chi connectivity index (χ1v) is 12.7.